The SMILES string of the molecule is Cc1c(C(=O)N2CCC(Cc3ccccc3)CC2)cc(-c2ccccc2)n1-c1ccc(F)cc1F. The molecule has 0 saturated carbocycles. The molecule has 5 heteroatoms. The van der Waals surface area contributed by atoms with E-state index >= 15 is 0 Å². The van der Waals surface area contributed by atoms with Gasteiger partial charge < -0.3 is 9.47 Å². The van der Waals surface area contributed by atoms with Gasteiger partial charge >= 0.3 is 0 Å². The Kier molecular flexibility index (Phi) is 6.49. The molecule has 35 heavy (non-hydrogen) atoms. The number of halogens is 2. The quantitative estimate of drug-likeness (QED) is 0.314. The Hall–Kier alpha value is -3.73. The molecular formula is C30H28F2N2O. The van der Waals surface area contributed by atoms with Gasteiger partial charge in [0, 0.05) is 24.8 Å². The Balaban J connectivity index is 1.43. The molecule has 178 valence electrons. The third-order valence-corrected chi connectivity index (χ3v) is 6.97. The minimum Gasteiger partial charge on any atom is -0.339 e. The third kappa shape index (κ3) is 4.76. The van der Waals surface area contributed by atoms with Crippen molar-refractivity contribution in [2.45, 2.75) is 26.2 Å². The normalized spacial score (nSPS) is 14.3. The van der Waals surface area contributed by atoms with Crippen LogP contribution in [0.3, 0.4) is 0 Å². The maximum atomic E-state index is 14.8. The Morgan fingerprint density at radius 3 is 2.20 bits per heavy atom. The van der Waals surface area contributed by atoms with Crippen molar-refractivity contribution < 1.29 is 13.6 Å². The molecular weight excluding hydrogens is 442 g/mol. The number of carbonyl (C=O) groups excluding carboxylic acids is 1. The molecule has 1 aromatic heterocycles. The number of amides is 1. The zero-order valence-electron chi connectivity index (χ0n) is 19.8. The molecule has 1 amide bonds. The highest BCUT2D eigenvalue weighted by molar-refractivity contribution is 5.97. The van der Waals surface area contributed by atoms with E-state index in [1.54, 1.807) is 4.57 Å². The molecule has 4 aromatic rings. The van der Waals surface area contributed by atoms with E-state index in [0.29, 0.717) is 36.0 Å². The van der Waals surface area contributed by atoms with E-state index < -0.39 is 11.6 Å². The maximum absolute atomic E-state index is 14.8. The van der Waals surface area contributed by atoms with Crippen molar-refractivity contribution in [2.24, 2.45) is 5.92 Å². The predicted octanol–water partition coefficient (Wildman–Crippen LogP) is 6.83. The number of hydrogen-bond acceptors (Lipinski definition) is 1. The third-order valence-electron chi connectivity index (χ3n) is 6.97. The van der Waals surface area contributed by atoms with Gasteiger partial charge in [0.25, 0.3) is 5.91 Å². The van der Waals surface area contributed by atoms with Crippen LogP contribution in [0.4, 0.5) is 8.78 Å². The molecule has 1 aliphatic heterocycles. The van der Waals surface area contributed by atoms with E-state index in [4.69, 9.17) is 0 Å². The van der Waals surface area contributed by atoms with Gasteiger partial charge in [-0.2, -0.15) is 0 Å². The number of hydrogen-bond donors (Lipinski definition) is 0. The van der Waals surface area contributed by atoms with Crippen molar-refractivity contribution in [3.63, 3.8) is 0 Å². The van der Waals surface area contributed by atoms with Crippen molar-refractivity contribution in [1.82, 2.24) is 9.47 Å². The Morgan fingerprint density at radius 2 is 1.54 bits per heavy atom. The summed E-state index contributed by atoms with van der Waals surface area (Å²) in [5, 5.41) is 0. The number of piperidine rings is 1. The van der Waals surface area contributed by atoms with Gasteiger partial charge in [-0.3, -0.25) is 4.79 Å². The van der Waals surface area contributed by atoms with Gasteiger partial charge in [0.15, 0.2) is 0 Å². The minimum atomic E-state index is -0.665. The van der Waals surface area contributed by atoms with Gasteiger partial charge in [-0.1, -0.05) is 60.7 Å². The first-order valence-corrected chi connectivity index (χ1v) is 12.1. The van der Waals surface area contributed by atoms with Crippen LogP contribution in [0, 0.1) is 24.5 Å². The number of carbonyl (C=O) groups is 1. The van der Waals surface area contributed by atoms with E-state index in [1.807, 2.05) is 54.3 Å². The molecule has 0 spiro atoms. The Bertz CT molecular complexity index is 1320. The van der Waals surface area contributed by atoms with E-state index in [2.05, 4.69) is 24.3 Å². The van der Waals surface area contributed by atoms with Crippen LogP contribution >= 0.6 is 0 Å². The zero-order valence-corrected chi connectivity index (χ0v) is 19.8. The van der Waals surface area contributed by atoms with Crippen LogP contribution in [0.1, 0.15) is 34.5 Å². The minimum absolute atomic E-state index is 0.0425. The van der Waals surface area contributed by atoms with Crippen molar-refractivity contribution in [2.75, 3.05) is 13.1 Å². The molecule has 1 saturated heterocycles. The molecule has 5 rings (SSSR count). The van der Waals surface area contributed by atoms with Crippen LogP contribution in [0.2, 0.25) is 0 Å². The van der Waals surface area contributed by atoms with Crippen LogP contribution in [-0.4, -0.2) is 28.5 Å². The summed E-state index contributed by atoms with van der Waals surface area (Å²) in [6, 6.07) is 25.4. The summed E-state index contributed by atoms with van der Waals surface area (Å²) >= 11 is 0. The first kappa shape index (κ1) is 23.0. The molecule has 0 N–H and O–H groups in total. The second-order valence-electron chi connectivity index (χ2n) is 9.25. The van der Waals surface area contributed by atoms with Crippen LogP contribution in [0.15, 0.2) is 84.9 Å². The van der Waals surface area contributed by atoms with E-state index in [1.165, 1.54) is 17.7 Å². The van der Waals surface area contributed by atoms with Crippen molar-refractivity contribution in [1.29, 1.82) is 0 Å². The summed E-state index contributed by atoms with van der Waals surface area (Å²) < 4.78 is 30.2. The second-order valence-corrected chi connectivity index (χ2v) is 9.25. The number of aromatic nitrogens is 1. The fraction of sp³-hybridized carbons (Fsp3) is 0.233. The lowest BCUT2D eigenvalue weighted by atomic mass is 9.90. The van der Waals surface area contributed by atoms with Gasteiger partial charge in [0.2, 0.25) is 0 Å². The molecule has 0 atom stereocenters. The Labute approximate surface area is 204 Å². The van der Waals surface area contributed by atoms with Crippen molar-refractivity contribution in [3.8, 4) is 16.9 Å². The van der Waals surface area contributed by atoms with Gasteiger partial charge in [-0.05, 0) is 61.4 Å². The molecule has 3 nitrogen and oxygen atoms in total. The largest absolute Gasteiger partial charge is 0.339 e. The molecule has 0 unspecified atom stereocenters. The van der Waals surface area contributed by atoms with Crippen molar-refractivity contribution in [3.05, 3.63) is 113 Å². The summed E-state index contributed by atoms with van der Waals surface area (Å²) in [5.41, 5.74) is 4.32. The molecule has 0 bridgehead atoms. The lowest BCUT2D eigenvalue weighted by Gasteiger charge is -2.32. The summed E-state index contributed by atoms with van der Waals surface area (Å²) in [6.45, 7) is 3.23. The summed E-state index contributed by atoms with van der Waals surface area (Å²) in [6.07, 6.45) is 2.94. The second kappa shape index (κ2) is 9.87. The zero-order chi connectivity index (χ0) is 24.4. The van der Waals surface area contributed by atoms with Crippen LogP contribution in [-0.2, 0) is 6.42 Å². The average Bonchev–Trinajstić information content (AvgIpc) is 3.22. The summed E-state index contributed by atoms with van der Waals surface area (Å²) in [7, 11) is 0. The molecule has 0 aliphatic carbocycles. The van der Waals surface area contributed by atoms with Crippen LogP contribution in [0.25, 0.3) is 16.9 Å². The van der Waals surface area contributed by atoms with E-state index in [0.717, 1.165) is 30.9 Å². The van der Waals surface area contributed by atoms with E-state index in [-0.39, 0.29) is 11.6 Å². The standard InChI is InChI=1S/C30H28F2N2O/c1-21-26(30(35)33-16-14-23(15-17-33)18-22-8-4-2-5-9-22)20-29(24-10-6-3-7-11-24)34(21)28-13-12-25(31)19-27(28)32/h2-13,19-20,23H,14-18H2,1H3. The fourth-order valence-corrected chi connectivity index (χ4v) is 5.08. The van der Waals surface area contributed by atoms with Gasteiger partial charge in [-0.25, -0.2) is 8.78 Å². The van der Waals surface area contributed by atoms with Gasteiger partial charge in [0.05, 0.1) is 16.9 Å². The molecule has 3 aromatic carbocycles. The van der Waals surface area contributed by atoms with Crippen LogP contribution in [0.5, 0.6) is 0 Å². The Morgan fingerprint density at radius 1 is 0.886 bits per heavy atom. The molecule has 2 heterocycles. The first-order chi connectivity index (χ1) is 17.0. The topological polar surface area (TPSA) is 25.2 Å². The van der Waals surface area contributed by atoms with Gasteiger partial charge in [0.1, 0.15) is 11.6 Å². The molecule has 0 radical (unpaired) electrons. The monoisotopic (exact) mass is 470 g/mol. The first-order valence-electron chi connectivity index (χ1n) is 12.1. The number of benzene rings is 3. The van der Waals surface area contributed by atoms with Crippen LogP contribution < -0.4 is 0 Å². The molecule has 1 fully saturated rings. The lowest BCUT2D eigenvalue weighted by molar-refractivity contribution is 0.0690. The van der Waals surface area contributed by atoms with Crippen molar-refractivity contribution >= 4 is 5.91 Å². The summed E-state index contributed by atoms with van der Waals surface area (Å²) in [5.74, 6) is -0.784. The van der Waals surface area contributed by atoms with E-state index in [9.17, 15) is 13.6 Å². The predicted molar refractivity (Wildman–Crippen MR) is 135 cm³/mol. The molecule has 1 aliphatic rings. The number of likely N-dealkylation sites (tertiary alicyclic amines) is 1. The highest BCUT2D eigenvalue weighted by Gasteiger charge is 2.28. The highest BCUT2D eigenvalue weighted by Crippen LogP contribution is 2.32. The van der Waals surface area contributed by atoms with Gasteiger partial charge in [-0.15, -0.1) is 0 Å². The number of rotatable bonds is 5. The smallest absolute Gasteiger partial charge is 0.255 e. The average molecular weight is 471 g/mol. The number of nitrogens with zero attached hydrogens (tertiary/aromatic N) is 2. The lowest BCUT2D eigenvalue weighted by Crippen LogP contribution is -2.39. The fourth-order valence-electron chi connectivity index (χ4n) is 5.08. The highest BCUT2D eigenvalue weighted by atomic mass is 19.1. The maximum Gasteiger partial charge on any atom is 0.255 e. The summed E-state index contributed by atoms with van der Waals surface area (Å²) in [4.78, 5) is 15.5.